The summed E-state index contributed by atoms with van der Waals surface area (Å²) in [5, 5.41) is 3.21. The Morgan fingerprint density at radius 1 is 1.21 bits per heavy atom. The van der Waals surface area contributed by atoms with Crippen molar-refractivity contribution < 1.29 is 14.3 Å². The minimum atomic E-state index is -0.223. The smallest absolute Gasteiger partial charge is 0.248 e. The highest BCUT2D eigenvalue weighted by atomic mass is 35.5. The third-order valence-corrected chi connectivity index (χ3v) is 3.35. The van der Waals surface area contributed by atoms with Crippen LogP contribution in [0.15, 0.2) is 48.5 Å². The average molecular weight is 346 g/mol. The van der Waals surface area contributed by atoms with Gasteiger partial charge in [0.1, 0.15) is 0 Å². The van der Waals surface area contributed by atoms with E-state index in [0.29, 0.717) is 16.5 Å². The first-order valence-electron chi connectivity index (χ1n) is 7.58. The van der Waals surface area contributed by atoms with Crippen LogP contribution in [0.1, 0.15) is 19.4 Å². The Bertz CT molecular complexity index is 727. The van der Waals surface area contributed by atoms with Gasteiger partial charge in [0.05, 0.1) is 18.2 Å². The largest absolute Gasteiger partial charge is 0.493 e. The van der Waals surface area contributed by atoms with Crippen molar-refractivity contribution in [3.63, 3.8) is 0 Å². The van der Waals surface area contributed by atoms with Crippen LogP contribution >= 0.6 is 11.6 Å². The third kappa shape index (κ3) is 5.03. The number of amides is 1. The number of halogens is 1. The van der Waals surface area contributed by atoms with Crippen LogP contribution in [0.5, 0.6) is 11.5 Å². The number of methoxy groups -OCH3 is 1. The first-order valence-corrected chi connectivity index (χ1v) is 7.95. The van der Waals surface area contributed by atoms with Crippen molar-refractivity contribution >= 4 is 29.3 Å². The number of rotatable bonds is 6. The molecular formula is C19H20ClNO3. The normalized spacial score (nSPS) is 10.9. The molecular weight excluding hydrogens is 326 g/mol. The van der Waals surface area contributed by atoms with E-state index in [1.165, 1.54) is 6.08 Å². The van der Waals surface area contributed by atoms with Gasteiger partial charge in [-0.05, 0) is 49.8 Å². The highest BCUT2D eigenvalue weighted by molar-refractivity contribution is 6.32. The molecule has 5 heteroatoms. The summed E-state index contributed by atoms with van der Waals surface area (Å²) in [6.07, 6.45) is 3.10. The quantitative estimate of drug-likeness (QED) is 0.766. The molecule has 0 spiro atoms. The van der Waals surface area contributed by atoms with Gasteiger partial charge < -0.3 is 14.8 Å². The number of hydrogen-bond donors (Lipinski definition) is 1. The van der Waals surface area contributed by atoms with E-state index >= 15 is 0 Å². The molecule has 24 heavy (non-hydrogen) atoms. The van der Waals surface area contributed by atoms with Gasteiger partial charge in [-0.15, -0.1) is 0 Å². The van der Waals surface area contributed by atoms with Gasteiger partial charge in [0.25, 0.3) is 0 Å². The lowest BCUT2D eigenvalue weighted by Gasteiger charge is -2.15. The van der Waals surface area contributed by atoms with Crippen molar-refractivity contribution in [2.45, 2.75) is 20.0 Å². The van der Waals surface area contributed by atoms with E-state index in [1.807, 2.05) is 44.2 Å². The molecule has 0 bridgehead atoms. The molecule has 0 atom stereocenters. The molecule has 2 rings (SSSR count). The van der Waals surface area contributed by atoms with Gasteiger partial charge in [-0.2, -0.15) is 0 Å². The number of carbonyl (C=O) groups excluding carboxylic acids is 1. The maximum absolute atomic E-state index is 12.0. The van der Waals surface area contributed by atoms with Crippen molar-refractivity contribution in [2.75, 3.05) is 12.4 Å². The number of ether oxygens (including phenoxy) is 2. The zero-order valence-corrected chi connectivity index (χ0v) is 14.6. The average Bonchev–Trinajstić information content (AvgIpc) is 2.55. The molecule has 126 valence electrons. The molecule has 1 amide bonds. The Labute approximate surface area is 147 Å². The predicted octanol–water partition coefficient (Wildman–Crippen LogP) is 4.79. The number of carbonyl (C=O) groups is 1. The standard InChI is InChI=1S/C19H20ClNO3/c1-13(2)24-19-16(20)11-14(12-17(19)23-3)9-10-18(22)21-15-7-5-4-6-8-15/h4-13H,1-3H3,(H,21,22)/b10-9+. The SMILES string of the molecule is COc1cc(/C=C/C(=O)Nc2ccccc2)cc(Cl)c1OC(C)C. The second kappa shape index (κ2) is 8.41. The van der Waals surface area contributed by atoms with E-state index in [2.05, 4.69) is 5.32 Å². The van der Waals surface area contributed by atoms with Crippen LogP contribution in [0.3, 0.4) is 0 Å². The first kappa shape index (κ1) is 17.9. The summed E-state index contributed by atoms with van der Waals surface area (Å²) >= 11 is 6.26. The van der Waals surface area contributed by atoms with Gasteiger partial charge in [-0.25, -0.2) is 0 Å². The van der Waals surface area contributed by atoms with Gasteiger partial charge in [0, 0.05) is 11.8 Å². The minimum Gasteiger partial charge on any atom is -0.493 e. The maximum Gasteiger partial charge on any atom is 0.248 e. The Hall–Kier alpha value is -2.46. The molecule has 0 saturated heterocycles. The van der Waals surface area contributed by atoms with Crippen LogP contribution in [-0.4, -0.2) is 19.1 Å². The van der Waals surface area contributed by atoms with Crippen LogP contribution in [0.2, 0.25) is 5.02 Å². The highest BCUT2D eigenvalue weighted by Gasteiger charge is 2.12. The zero-order valence-electron chi connectivity index (χ0n) is 13.9. The fourth-order valence-electron chi connectivity index (χ4n) is 2.06. The van der Waals surface area contributed by atoms with E-state index in [-0.39, 0.29) is 12.0 Å². The van der Waals surface area contributed by atoms with Crippen molar-refractivity contribution in [1.82, 2.24) is 0 Å². The maximum atomic E-state index is 12.0. The minimum absolute atomic E-state index is 0.0190. The summed E-state index contributed by atoms with van der Waals surface area (Å²) in [7, 11) is 1.55. The van der Waals surface area contributed by atoms with Crippen molar-refractivity contribution in [2.24, 2.45) is 0 Å². The predicted molar refractivity (Wildman–Crippen MR) is 97.9 cm³/mol. The number of benzene rings is 2. The molecule has 0 saturated carbocycles. The third-order valence-electron chi connectivity index (χ3n) is 3.07. The van der Waals surface area contributed by atoms with E-state index in [0.717, 1.165) is 11.3 Å². The van der Waals surface area contributed by atoms with Crippen LogP contribution in [0.25, 0.3) is 6.08 Å². The molecule has 0 aliphatic heterocycles. The molecule has 0 radical (unpaired) electrons. The molecule has 2 aromatic carbocycles. The highest BCUT2D eigenvalue weighted by Crippen LogP contribution is 2.37. The lowest BCUT2D eigenvalue weighted by atomic mass is 10.1. The fraction of sp³-hybridized carbons (Fsp3) is 0.211. The summed E-state index contributed by atoms with van der Waals surface area (Å²) in [6, 6.07) is 12.8. The molecule has 4 nitrogen and oxygen atoms in total. The second-order valence-electron chi connectivity index (χ2n) is 5.39. The molecule has 1 N–H and O–H groups in total. The number of para-hydroxylation sites is 1. The number of nitrogens with one attached hydrogen (secondary N) is 1. The molecule has 2 aromatic rings. The molecule has 0 unspecified atom stereocenters. The van der Waals surface area contributed by atoms with E-state index in [4.69, 9.17) is 21.1 Å². The van der Waals surface area contributed by atoms with Gasteiger partial charge in [-0.3, -0.25) is 4.79 Å². The Kier molecular flexibility index (Phi) is 6.27. The van der Waals surface area contributed by atoms with E-state index < -0.39 is 0 Å². The molecule has 0 aliphatic rings. The second-order valence-corrected chi connectivity index (χ2v) is 5.80. The van der Waals surface area contributed by atoms with Crippen LogP contribution in [0, 0.1) is 0 Å². The van der Waals surface area contributed by atoms with Gasteiger partial charge >= 0.3 is 0 Å². The van der Waals surface area contributed by atoms with Gasteiger partial charge in [0.2, 0.25) is 5.91 Å². The van der Waals surface area contributed by atoms with Crippen molar-refractivity contribution in [1.29, 1.82) is 0 Å². The fourth-order valence-corrected chi connectivity index (χ4v) is 2.33. The Morgan fingerprint density at radius 2 is 1.92 bits per heavy atom. The topological polar surface area (TPSA) is 47.6 Å². The molecule has 0 aliphatic carbocycles. The molecule has 0 aromatic heterocycles. The van der Waals surface area contributed by atoms with Crippen LogP contribution < -0.4 is 14.8 Å². The Balaban J connectivity index is 2.14. The summed E-state index contributed by atoms with van der Waals surface area (Å²) < 4.78 is 11.0. The molecule has 0 heterocycles. The first-order chi connectivity index (χ1) is 11.5. The molecule has 0 fully saturated rings. The summed E-state index contributed by atoms with van der Waals surface area (Å²) in [5.74, 6) is 0.804. The van der Waals surface area contributed by atoms with Gasteiger partial charge in [0.15, 0.2) is 11.5 Å². The summed E-state index contributed by atoms with van der Waals surface area (Å²) in [6.45, 7) is 3.83. The zero-order chi connectivity index (χ0) is 17.5. The monoisotopic (exact) mass is 345 g/mol. The summed E-state index contributed by atoms with van der Waals surface area (Å²) in [5.41, 5.74) is 1.49. The van der Waals surface area contributed by atoms with Crippen LogP contribution in [-0.2, 0) is 4.79 Å². The van der Waals surface area contributed by atoms with Gasteiger partial charge in [-0.1, -0.05) is 29.8 Å². The lowest BCUT2D eigenvalue weighted by Crippen LogP contribution is -2.08. The lowest BCUT2D eigenvalue weighted by molar-refractivity contribution is -0.111. The van der Waals surface area contributed by atoms with Crippen LogP contribution in [0.4, 0.5) is 5.69 Å². The summed E-state index contributed by atoms with van der Waals surface area (Å²) in [4.78, 5) is 12.0. The number of anilines is 1. The van der Waals surface area contributed by atoms with Crippen molar-refractivity contribution in [3.8, 4) is 11.5 Å². The van der Waals surface area contributed by atoms with E-state index in [1.54, 1.807) is 25.3 Å². The van der Waals surface area contributed by atoms with E-state index in [9.17, 15) is 4.79 Å². The number of hydrogen-bond acceptors (Lipinski definition) is 3. The Morgan fingerprint density at radius 3 is 2.54 bits per heavy atom. The van der Waals surface area contributed by atoms with Crippen molar-refractivity contribution in [3.05, 3.63) is 59.1 Å².